The Kier molecular flexibility index (Phi) is 4.93. The highest BCUT2D eigenvalue weighted by Crippen LogP contribution is 2.09. The fourth-order valence-corrected chi connectivity index (χ4v) is 1.44. The molecule has 1 amide bonds. The second kappa shape index (κ2) is 5.99. The summed E-state index contributed by atoms with van der Waals surface area (Å²) >= 11 is 3.34. The zero-order valence-electron chi connectivity index (χ0n) is 9.39. The Hall–Kier alpha value is -0.900. The van der Waals surface area contributed by atoms with Crippen LogP contribution in [0.4, 0.5) is 4.39 Å². The number of hydrogen-bond donors (Lipinski definition) is 1. The van der Waals surface area contributed by atoms with Crippen LogP contribution in [0.5, 0.6) is 0 Å². The van der Waals surface area contributed by atoms with Crippen molar-refractivity contribution in [2.45, 2.75) is 13.8 Å². The summed E-state index contributed by atoms with van der Waals surface area (Å²) in [5, 5.41) is 3.65. The number of carbonyl (C=O) groups is 1. The number of halogens is 2. The highest BCUT2D eigenvalue weighted by atomic mass is 79.9. The lowest BCUT2D eigenvalue weighted by Gasteiger charge is -2.09. The second-order valence-corrected chi connectivity index (χ2v) is 4.58. The molecule has 2 nitrogen and oxygen atoms in total. The van der Waals surface area contributed by atoms with Gasteiger partial charge in [-0.1, -0.05) is 22.9 Å². The number of alkyl halides is 1. The van der Waals surface area contributed by atoms with Crippen molar-refractivity contribution in [1.29, 1.82) is 0 Å². The molecule has 1 atom stereocenters. The first-order valence-electron chi connectivity index (χ1n) is 5.15. The van der Waals surface area contributed by atoms with E-state index in [0.29, 0.717) is 23.6 Å². The molecule has 1 rings (SSSR count). The van der Waals surface area contributed by atoms with Gasteiger partial charge in [0.1, 0.15) is 5.82 Å². The van der Waals surface area contributed by atoms with E-state index in [9.17, 15) is 9.18 Å². The van der Waals surface area contributed by atoms with Gasteiger partial charge < -0.3 is 5.32 Å². The van der Waals surface area contributed by atoms with Crippen LogP contribution in [-0.2, 0) is 0 Å². The molecule has 0 saturated heterocycles. The summed E-state index contributed by atoms with van der Waals surface area (Å²) in [6.45, 7) is 4.29. The molecule has 0 aliphatic heterocycles. The largest absolute Gasteiger partial charge is 0.352 e. The lowest BCUT2D eigenvalue weighted by Crippen LogP contribution is -2.28. The van der Waals surface area contributed by atoms with Crippen LogP contribution in [0.1, 0.15) is 22.8 Å². The minimum atomic E-state index is -0.287. The highest BCUT2D eigenvalue weighted by molar-refractivity contribution is 9.09. The van der Waals surface area contributed by atoms with Crippen LogP contribution in [0.15, 0.2) is 18.2 Å². The second-order valence-electron chi connectivity index (χ2n) is 3.93. The van der Waals surface area contributed by atoms with Crippen LogP contribution >= 0.6 is 15.9 Å². The predicted octanol–water partition coefficient (Wildman–Crippen LogP) is 2.89. The monoisotopic (exact) mass is 287 g/mol. The molecule has 0 aliphatic carbocycles. The molecule has 1 aromatic rings. The number of carbonyl (C=O) groups excluding carboxylic acids is 1. The van der Waals surface area contributed by atoms with Gasteiger partial charge in [-0.2, -0.15) is 0 Å². The number of nitrogens with one attached hydrogen (secondary N) is 1. The van der Waals surface area contributed by atoms with E-state index in [-0.39, 0.29) is 11.7 Å². The fourth-order valence-electron chi connectivity index (χ4n) is 1.21. The number of amides is 1. The smallest absolute Gasteiger partial charge is 0.251 e. The van der Waals surface area contributed by atoms with Crippen molar-refractivity contribution in [3.05, 3.63) is 35.1 Å². The van der Waals surface area contributed by atoms with Crippen molar-refractivity contribution in [3.8, 4) is 0 Å². The molecule has 0 radical (unpaired) electrons. The Morgan fingerprint density at radius 2 is 2.25 bits per heavy atom. The zero-order valence-corrected chi connectivity index (χ0v) is 11.0. The maximum atomic E-state index is 13.0. The summed E-state index contributed by atoms with van der Waals surface area (Å²) in [7, 11) is 0. The van der Waals surface area contributed by atoms with Crippen molar-refractivity contribution in [3.63, 3.8) is 0 Å². The quantitative estimate of drug-likeness (QED) is 0.848. The van der Waals surface area contributed by atoms with Crippen LogP contribution in [0, 0.1) is 18.7 Å². The summed E-state index contributed by atoms with van der Waals surface area (Å²) in [6.07, 6.45) is 0. The fraction of sp³-hybridized carbons (Fsp3) is 0.417. The molecule has 1 aromatic carbocycles. The minimum Gasteiger partial charge on any atom is -0.352 e. The van der Waals surface area contributed by atoms with Crippen LogP contribution in [0.25, 0.3) is 0 Å². The van der Waals surface area contributed by atoms with Crippen molar-refractivity contribution in [1.82, 2.24) is 5.32 Å². The van der Waals surface area contributed by atoms with Crippen molar-refractivity contribution >= 4 is 21.8 Å². The number of rotatable bonds is 4. The van der Waals surface area contributed by atoms with Crippen molar-refractivity contribution in [2.24, 2.45) is 5.92 Å². The Morgan fingerprint density at radius 3 is 2.81 bits per heavy atom. The van der Waals surface area contributed by atoms with Gasteiger partial charge in [-0.25, -0.2) is 4.39 Å². The lowest BCUT2D eigenvalue weighted by molar-refractivity contribution is 0.0949. The van der Waals surface area contributed by atoms with Gasteiger partial charge in [0.25, 0.3) is 5.91 Å². The van der Waals surface area contributed by atoms with E-state index in [4.69, 9.17) is 0 Å². The van der Waals surface area contributed by atoms with E-state index in [1.165, 1.54) is 12.1 Å². The molecule has 0 bridgehead atoms. The first kappa shape index (κ1) is 13.2. The Bertz CT molecular complexity index is 381. The number of aryl methyl sites for hydroxylation is 1. The standard InChI is InChI=1S/C12H15BrFNO/c1-8(6-13)7-15-12(16)10-3-4-11(14)9(2)5-10/h3-5,8H,6-7H2,1-2H3,(H,15,16). The van der Waals surface area contributed by atoms with Crippen LogP contribution < -0.4 is 5.32 Å². The highest BCUT2D eigenvalue weighted by Gasteiger charge is 2.08. The van der Waals surface area contributed by atoms with Gasteiger partial charge in [0.2, 0.25) is 0 Å². The summed E-state index contributed by atoms with van der Waals surface area (Å²) in [6, 6.07) is 4.37. The third-order valence-electron chi connectivity index (χ3n) is 2.29. The average molecular weight is 288 g/mol. The van der Waals surface area contributed by atoms with Gasteiger partial charge in [0.15, 0.2) is 0 Å². The molecular formula is C12H15BrFNO. The molecule has 88 valence electrons. The third-order valence-corrected chi connectivity index (χ3v) is 3.40. The molecule has 0 saturated carbocycles. The van der Waals surface area contributed by atoms with Gasteiger partial charge in [-0.05, 0) is 36.6 Å². The van der Waals surface area contributed by atoms with Gasteiger partial charge in [-0.15, -0.1) is 0 Å². The van der Waals surface area contributed by atoms with Gasteiger partial charge in [-0.3, -0.25) is 4.79 Å². The normalized spacial score (nSPS) is 12.2. The van der Waals surface area contributed by atoms with E-state index >= 15 is 0 Å². The van der Waals surface area contributed by atoms with E-state index in [1.54, 1.807) is 13.0 Å². The molecular weight excluding hydrogens is 273 g/mol. The van der Waals surface area contributed by atoms with Crippen molar-refractivity contribution in [2.75, 3.05) is 11.9 Å². The molecule has 1 N–H and O–H groups in total. The van der Waals surface area contributed by atoms with Gasteiger partial charge in [0, 0.05) is 17.4 Å². The SMILES string of the molecule is Cc1cc(C(=O)NCC(C)CBr)ccc1F. The molecule has 0 heterocycles. The Morgan fingerprint density at radius 1 is 1.56 bits per heavy atom. The molecule has 4 heteroatoms. The van der Waals surface area contributed by atoms with E-state index < -0.39 is 0 Å². The summed E-state index contributed by atoms with van der Waals surface area (Å²) in [4.78, 5) is 11.7. The van der Waals surface area contributed by atoms with Crippen LogP contribution in [0.2, 0.25) is 0 Å². The maximum Gasteiger partial charge on any atom is 0.251 e. The summed E-state index contributed by atoms with van der Waals surface area (Å²) in [5.41, 5.74) is 0.988. The Labute approximate surface area is 103 Å². The third kappa shape index (κ3) is 3.59. The molecule has 0 spiro atoms. The zero-order chi connectivity index (χ0) is 12.1. The molecule has 0 fully saturated rings. The van der Waals surface area contributed by atoms with Crippen LogP contribution in [0.3, 0.4) is 0 Å². The molecule has 16 heavy (non-hydrogen) atoms. The van der Waals surface area contributed by atoms with E-state index in [1.807, 2.05) is 6.92 Å². The average Bonchev–Trinajstić information content (AvgIpc) is 2.29. The topological polar surface area (TPSA) is 29.1 Å². The van der Waals surface area contributed by atoms with Crippen molar-refractivity contribution < 1.29 is 9.18 Å². The Balaban J connectivity index is 2.63. The first-order chi connectivity index (χ1) is 7.54. The van der Waals surface area contributed by atoms with E-state index in [0.717, 1.165) is 5.33 Å². The first-order valence-corrected chi connectivity index (χ1v) is 6.27. The number of hydrogen-bond acceptors (Lipinski definition) is 1. The summed E-state index contributed by atoms with van der Waals surface area (Å²) < 4.78 is 13.0. The predicted molar refractivity (Wildman–Crippen MR) is 66.4 cm³/mol. The van der Waals surface area contributed by atoms with Gasteiger partial charge >= 0.3 is 0 Å². The summed E-state index contributed by atoms with van der Waals surface area (Å²) in [5.74, 6) is -0.0632. The molecule has 0 aliphatic rings. The van der Waals surface area contributed by atoms with E-state index in [2.05, 4.69) is 21.2 Å². The van der Waals surface area contributed by atoms with Gasteiger partial charge in [0.05, 0.1) is 0 Å². The molecule has 0 aromatic heterocycles. The molecule has 1 unspecified atom stereocenters. The number of benzene rings is 1. The minimum absolute atomic E-state index is 0.157. The maximum absolute atomic E-state index is 13.0. The lowest BCUT2D eigenvalue weighted by atomic mass is 10.1. The van der Waals surface area contributed by atoms with Crippen LogP contribution in [-0.4, -0.2) is 17.8 Å².